The number of hydrogen-bond acceptors (Lipinski definition) is 4. The van der Waals surface area contributed by atoms with Crippen molar-refractivity contribution >= 4 is 16.8 Å². The lowest BCUT2D eigenvalue weighted by molar-refractivity contribution is 0.0728. The van der Waals surface area contributed by atoms with E-state index >= 15 is 0 Å². The molecule has 138 valence electrons. The number of hydrogen-bond donors (Lipinski definition) is 0. The minimum absolute atomic E-state index is 0.0455. The van der Waals surface area contributed by atoms with Crippen molar-refractivity contribution < 1.29 is 14.3 Å². The maximum absolute atomic E-state index is 13.2. The highest BCUT2D eigenvalue weighted by Crippen LogP contribution is 2.39. The molecule has 27 heavy (non-hydrogen) atoms. The van der Waals surface area contributed by atoms with Gasteiger partial charge >= 0.3 is 0 Å². The Morgan fingerprint density at radius 3 is 2.74 bits per heavy atom. The fraction of sp³-hybridized carbons (Fsp3) is 0.273. The summed E-state index contributed by atoms with van der Waals surface area (Å²) in [5.74, 6) is 1.48. The van der Waals surface area contributed by atoms with Crippen molar-refractivity contribution in [3.05, 3.63) is 65.9 Å². The molecule has 2 heterocycles. The number of para-hydroxylation sites is 1. The van der Waals surface area contributed by atoms with Crippen LogP contribution in [0.4, 0.5) is 0 Å². The summed E-state index contributed by atoms with van der Waals surface area (Å²) in [6.07, 6.45) is 1.84. The number of carbonyl (C=O) groups excluding carboxylic acids is 1. The van der Waals surface area contributed by atoms with Gasteiger partial charge in [0, 0.05) is 17.5 Å². The first-order chi connectivity index (χ1) is 13.2. The number of fused-ring (bicyclic) bond motifs is 1. The van der Waals surface area contributed by atoms with E-state index < -0.39 is 0 Å². The van der Waals surface area contributed by atoms with E-state index in [1.807, 2.05) is 59.5 Å². The summed E-state index contributed by atoms with van der Waals surface area (Å²) in [5, 5.41) is 1.03. The van der Waals surface area contributed by atoms with Crippen LogP contribution in [0.2, 0.25) is 0 Å². The second kappa shape index (κ2) is 7.27. The van der Waals surface area contributed by atoms with Gasteiger partial charge in [0.05, 0.1) is 25.8 Å². The van der Waals surface area contributed by atoms with Gasteiger partial charge in [0.2, 0.25) is 0 Å². The molecule has 0 N–H and O–H groups in total. The van der Waals surface area contributed by atoms with Crippen LogP contribution in [0.15, 0.2) is 54.6 Å². The quantitative estimate of drug-likeness (QED) is 0.697. The molecular weight excluding hydrogens is 340 g/mol. The van der Waals surface area contributed by atoms with E-state index in [2.05, 4.69) is 4.98 Å². The highest BCUT2D eigenvalue weighted by molar-refractivity contribution is 5.95. The van der Waals surface area contributed by atoms with Crippen molar-refractivity contribution in [1.82, 2.24) is 9.88 Å². The Morgan fingerprint density at radius 2 is 1.93 bits per heavy atom. The zero-order valence-corrected chi connectivity index (χ0v) is 15.5. The summed E-state index contributed by atoms with van der Waals surface area (Å²) < 4.78 is 10.9. The largest absolute Gasteiger partial charge is 0.497 e. The SMILES string of the molecule is COc1ccc(OC)c(C2CCCN2C(=O)c2ccc3ccccc3n2)c1. The highest BCUT2D eigenvalue weighted by atomic mass is 16.5. The Hall–Kier alpha value is -3.08. The number of aromatic nitrogens is 1. The maximum atomic E-state index is 13.2. The Balaban J connectivity index is 1.69. The van der Waals surface area contributed by atoms with Crippen molar-refractivity contribution in [2.75, 3.05) is 20.8 Å². The Labute approximate surface area is 158 Å². The van der Waals surface area contributed by atoms with Gasteiger partial charge in [0.25, 0.3) is 5.91 Å². The third-order valence-electron chi connectivity index (χ3n) is 5.13. The van der Waals surface area contributed by atoms with Crippen molar-refractivity contribution in [3.8, 4) is 11.5 Å². The van der Waals surface area contributed by atoms with Gasteiger partial charge in [-0.3, -0.25) is 4.79 Å². The zero-order valence-electron chi connectivity index (χ0n) is 15.5. The van der Waals surface area contributed by atoms with E-state index in [-0.39, 0.29) is 11.9 Å². The van der Waals surface area contributed by atoms with Gasteiger partial charge in [-0.1, -0.05) is 24.3 Å². The molecule has 5 nitrogen and oxygen atoms in total. The minimum atomic E-state index is -0.0480. The van der Waals surface area contributed by atoms with Crippen LogP contribution in [-0.2, 0) is 0 Å². The molecule has 5 heteroatoms. The fourth-order valence-electron chi connectivity index (χ4n) is 3.77. The normalized spacial score (nSPS) is 16.5. The summed E-state index contributed by atoms with van der Waals surface area (Å²) >= 11 is 0. The molecule has 0 saturated carbocycles. The third-order valence-corrected chi connectivity index (χ3v) is 5.13. The molecule has 0 radical (unpaired) electrons. The number of likely N-dealkylation sites (tertiary alicyclic amines) is 1. The maximum Gasteiger partial charge on any atom is 0.272 e. The molecule has 1 atom stereocenters. The number of methoxy groups -OCH3 is 2. The summed E-state index contributed by atoms with van der Waals surface area (Å²) in [6, 6.07) is 17.3. The van der Waals surface area contributed by atoms with Gasteiger partial charge in [-0.25, -0.2) is 4.98 Å². The standard InChI is InChI=1S/C22H22N2O3/c1-26-16-10-12-21(27-2)17(14-16)20-8-5-13-24(20)22(25)19-11-9-15-6-3-4-7-18(15)23-19/h3-4,6-7,9-12,14,20H,5,8,13H2,1-2H3. The molecule has 1 amide bonds. The van der Waals surface area contributed by atoms with E-state index in [0.717, 1.165) is 40.8 Å². The number of ether oxygens (including phenoxy) is 2. The number of nitrogens with zero attached hydrogens (tertiary/aromatic N) is 2. The van der Waals surface area contributed by atoms with Crippen LogP contribution in [0.1, 0.15) is 34.9 Å². The van der Waals surface area contributed by atoms with Crippen LogP contribution in [0, 0.1) is 0 Å². The smallest absolute Gasteiger partial charge is 0.272 e. The molecule has 3 aromatic rings. The van der Waals surface area contributed by atoms with Crippen LogP contribution in [0.25, 0.3) is 10.9 Å². The van der Waals surface area contributed by atoms with Crippen LogP contribution < -0.4 is 9.47 Å². The van der Waals surface area contributed by atoms with Gasteiger partial charge in [0.15, 0.2) is 0 Å². The van der Waals surface area contributed by atoms with Crippen molar-refractivity contribution in [2.24, 2.45) is 0 Å². The first kappa shape index (κ1) is 17.3. The van der Waals surface area contributed by atoms with Gasteiger partial charge in [-0.05, 0) is 43.2 Å². The molecule has 0 aliphatic carbocycles. The third kappa shape index (κ3) is 3.21. The van der Waals surface area contributed by atoms with Crippen LogP contribution in [0.5, 0.6) is 11.5 Å². The van der Waals surface area contributed by atoms with E-state index in [0.29, 0.717) is 12.2 Å². The molecule has 4 rings (SSSR count). The molecule has 1 saturated heterocycles. The minimum Gasteiger partial charge on any atom is -0.497 e. The van der Waals surface area contributed by atoms with Crippen molar-refractivity contribution in [2.45, 2.75) is 18.9 Å². The monoisotopic (exact) mass is 362 g/mol. The second-order valence-corrected chi connectivity index (χ2v) is 6.65. The van der Waals surface area contributed by atoms with Gasteiger partial charge in [-0.2, -0.15) is 0 Å². The van der Waals surface area contributed by atoms with Crippen molar-refractivity contribution in [1.29, 1.82) is 0 Å². The first-order valence-electron chi connectivity index (χ1n) is 9.10. The number of benzene rings is 2. The van der Waals surface area contributed by atoms with E-state index in [1.54, 1.807) is 14.2 Å². The summed E-state index contributed by atoms with van der Waals surface area (Å²) in [7, 11) is 3.29. The number of rotatable bonds is 4. The molecule has 1 aliphatic rings. The number of carbonyl (C=O) groups is 1. The second-order valence-electron chi connectivity index (χ2n) is 6.65. The molecule has 1 aliphatic heterocycles. The van der Waals surface area contributed by atoms with E-state index in [4.69, 9.17) is 9.47 Å². The summed E-state index contributed by atoms with van der Waals surface area (Å²) in [6.45, 7) is 0.707. The lowest BCUT2D eigenvalue weighted by Crippen LogP contribution is -2.31. The van der Waals surface area contributed by atoms with Crippen LogP contribution >= 0.6 is 0 Å². The topological polar surface area (TPSA) is 51.7 Å². The fourth-order valence-corrected chi connectivity index (χ4v) is 3.77. The highest BCUT2D eigenvalue weighted by Gasteiger charge is 2.33. The first-order valence-corrected chi connectivity index (χ1v) is 9.10. The van der Waals surface area contributed by atoms with E-state index in [9.17, 15) is 4.79 Å². The lowest BCUT2D eigenvalue weighted by atomic mass is 10.0. The number of pyridine rings is 1. The van der Waals surface area contributed by atoms with Crippen molar-refractivity contribution in [3.63, 3.8) is 0 Å². The van der Waals surface area contributed by atoms with Gasteiger partial charge in [0.1, 0.15) is 17.2 Å². The molecule has 1 fully saturated rings. The molecular formula is C22H22N2O3. The zero-order chi connectivity index (χ0) is 18.8. The molecule has 0 bridgehead atoms. The Bertz CT molecular complexity index is 986. The Kier molecular flexibility index (Phi) is 4.67. The van der Waals surface area contributed by atoms with Gasteiger partial charge in [-0.15, -0.1) is 0 Å². The molecule has 1 unspecified atom stereocenters. The number of amides is 1. The average molecular weight is 362 g/mol. The predicted molar refractivity (Wildman–Crippen MR) is 104 cm³/mol. The predicted octanol–water partition coefficient (Wildman–Crippen LogP) is 4.23. The van der Waals surface area contributed by atoms with Crippen LogP contribution in [-0.4, -0.2) is 36.6 Å². The molecule has 2 aromatic carbocycles. The average Bonchev–Trinajstić information content (AvgIpc) is 3.22. The Morgan fingerprint density at radius 1 is 1.07 bits per heavy atom. The molecule has 0 spiro atoms. The molecule has 1 aromatic heterocycles. The van der Waals surface area contributed by atoms with E-state index in [1.165, 1.54) is 0 Å². The summed E-state index contributed by atoms with van der Waals surface area (Å²) in [4.78, 5) is 19.7. The lowest BCUT2D eigenvalue weighted by Gasteiger charge is -2.26. The summed E-state index contributed by atoms with van der Waals surface area (Å²) in [5.41, 5.74) is 2.28. The van der Waals surface area contributed by atoms with Crippen LogP contribution in [0.3, 0.4) is 0 Å². The van der Waals surface area contributed by atoms with Gasteiger partial charge < -0.3 is 14.4 Å².